The topological polar surface area (TPSA) is 105 Å². The molecule has 1 heterocycles. The summed E-state index contributed by atoms with van der Waals surface area (Å²) < 4.78 is 5.67. The molecule has 0 amide bonds. The number of ether oxygens (including phenoxy) is 1. The molecule has 0 atom stereocenters. The maximum absolute atomic E-state index is 8.51. The van der Waals surface area contributed by atoms with Crippen molar-refractivity contribution in [3.8, 4) is 11.8 Å². The summed E-state index contributed by atoms with van der Waals surface area (Å²) in [7, 11) is 0. The third-order valence-corrected chi connectivity index (χ3v) is 2.66. The Kier molecular flexibility index (Phi) is 5.67. The molecule has 0 aliphatic carbocycles. The third-order valence-electron chi connectivity index (χ3n) is 2.66. The molecule has 0 radical (unpaired) electrons. The van der Waals surface area contributed by atoms with Gasteiger partial charge in [0.25, 0.3) is 0 Å². The minimum Gasteiger partial charge on any atom is -0.424 e. The first kappa shape index (κ1) is 16.5. The number of nitrogens with one attached hydrogen (secondary N) is 2. The second-order valence-corrected chi connectivity index (χ2v) is 5.01. The van der Waals surface area contributed by atoms with Gasteiger partial charge in [-0.1, -0.05) is 5.16 Å². The van der Waals surface area contributed by atoms with Gasteiger partial charge in [-0.05, 0) is 50.6 Å². The van der Waals surface area contributed by atoms with Gasteiger partial charge in [-0.25, -0.2) is 0 Å². The zero-order valence-electron chi connectivity index (χ0n) is 13.3. The Morgan fingerprint density at radius 2 is 1.87 bits per heavy atom. The van der Waals surface area contributed by atoms with E-state index in [-0.39, 0.29) is 12.1 Å². The third kappa shape index (κ3) is 5.10. The van der Waals surface area contributed by atoms with E-state index in [0.717, 1.165) is 5.56 Å². The Bertz CT molecular complexity index is 658. The van der Waals surface area contributed by atoms with Crippen LogP contribution in [0.15, 0.2) is 29.4 Å². The van der Waals surface area contributed by atoms with Crippen molar-refractivity contribution in [2.45, 2.75) is 26.8 Å². The van der Waals surface area contributed by atoms with Crippen LogP contribution in [0, 0.1) is 0 Å². The van der Waals surface area contributed by atoms with E-state index in [1.165, 1.54) is 6.21 Å². The SMILES string of the molecule is CCNc1nc(NC(C)C)nc(Oc2ccc(/C=N/O)cc2)n1. The molecular weight excluding hydrogens is 296 g/mol. The Hall–Kier alpha value is -2.90. The molecule has 0 bridgehead atoms. The van der Waals surface area contributed by atoms with E-state index in [2.05, 4.69) is 30.7 Å². The van der Waals surface area contributed by atoms with E-state index in [4.69, 9.17) is 9.94 Å². The second kappa shape index (κ2) is 7.92. The molecule has 8 heteroatoms. The molecule has 2 aromatic rings. The van der Waals surface area contributed by atoms with Crippen molar-refractivity contribution < 1.29 is 9.94 Å². The Labute approximate surface area is 134 Å². The molecule has 0 saturated carbocycles. The van der Waals surface area contributed by atoms with Gasteiger partial charge in [-0.3, -0.25) is 0 Å². The van der Waals surface area contributed by atoms with E-state index < -0.39 is 0 Å². The van der Waals surface area contributed by atoms with Crippen LogP contribution in [0.25, 0.3) is 0 Å². The van der Waals surface area contributed by atoms with Crippen LogP contribution in [0.1, 0.15) is 26.3 Å². The summed E-state index contributed by atoms with van der Waals surface area (Å²) in [5, 5.41) is 17.7. The molecule has 122 valence electrons. The average molecular weight is 316 g/mol. The summed E-state index contributed by atoms with van der Waals surface area (Å²) in [5.74, 6) is 1.47. The second-order valence-electron chi connectivity index (χ2n) is 5.01. The molecule has 0 saturated heterocycles. The van der Waals surface area contributed by atoms with Crippen LogP contribution in [0.3, 0.4) is 0 Å². The Morgan fingerprint density at radius 3 is 2.48 bits per heavy atom. The average Bonchev–Trinajstić information content (AvgIpc) is 2.49. The number of oxime groups is 1. The van der Waals surface area contributed by atoms with Gasteiger partial charge in [-0.15, -0.1) is 0 Å². The lowest BCUT2D eigenvalue weighted by atomic mass is 10.2. The highest BCUT2D eigenvalue weighted by Gasteiger charge is 2.09. The van der Waals surface area contributed by atoms with Crippen LogP contribution < -0.4 is 15.4 Å². The van der Waals surface area contributed by atoms with Gasteiger partial charge >= 0.3 is 6.01 Å². The summed E-state index contributed by atoms with van der Waals surface area (Å²) >= 11 is 0. The lowest BCUT2D eigenvalue weighted by molar-refractivity contribution is 0.322. The highest BCUT2D eigenvalue weighted by Crippen LogP contribution is 2.20. The fourth-order valence-electron chi connectivity index (χ4n) is 1.76. The van der Waals surface area contributed by atoms with Crippen LogP contribution in [0.5, 0.6) is 11.8 Å². The Balaban J connectivity index is 2.21. The zero-order valence-corrected chi connectivity index (χ0v) is 13.3. The predicted molar refractivity (Wildman–Crippen MR) is 88.6 cm³/mol. The van der Waals surface area contributed by atoms with E-state index in [0.29, 0.717) is 24.2 Å². The van der Waals surface area contributed by atoms with Crippen LogP contribution in [0.2, 0.25) is 0 Å². The number of anilines is 2. The van der Waals surface area contributed by atoms with E-state index in [1.807, 2.05) is 20.8 Å². The quantitative estimate of drug-likeness (QED) is 0.410. The van der Waals surface area contributed by atoms with Crippen molar-refractivity contribution >= 4 is 18.1 Å². The fraction of sp³-hybridized carbons (Fsp3) is 0.333. The molecule has 23 heavy (non-hydrogen) atoms. The lowest BCUT2D eigenvalue weighted by Crippen LogP contribution is -2.15. The van der Waals surface area contributed by atoms with Crippen molar-refractivity contribution in [3.63, 3.8) is 0 Å². The summed E-state index contributed by atoms with van der Waals surface area (Å²) in [6.07, 6.45) is 1.33. The smallest absolute Gasteiger partial charge is 0.328 e. The monoisotopic (exact) mass is 316 g/mol. The van der Waals surface area contributed by atoms with Gasteiger partial charge in [0.2, 0.25) is 11.9 Å². The Morgan fingerprint density at radius 1 is 1.17 bits per heavy atom. The van der Waals surface area contributed by atoms with Crippen molar-refractivity contribution in [3.05, 3.63) is 29.8 Å². The summed E-state index contributed by atoms with van der Waals surface area (Å²) in [4.78, 5) is 12.7. The number of nitrogens with zero attached hydrogens (tertiary/aromatic N) is 4. The van der Waals surface area contributed by atoms with Gasteiger partial charge in [-0.2, -0.15) is 15.0 Å². The van der Waals surface area contributed by atoms with Crippen molar-refractivity contribution in [1.29, 1.82) is 0 Å². The first-order valence-electron chi connectivity index (χ1n) is 7.32. The number of hydrogen-bond acceptors (Lipinski definition) is 8. The summed E-state index contributed by atoms with van der Waals surface area (Å²) in [5.41, 5.74) is 0.756. The molecule has 0 aliphatic heterocycles. The van der Waals surface area contributed by atoms with E-state index >= 15 is 0 Å². The fourth-order valence-corrected chi connectivity index (χ4v) is 1.76. The van der Waals surface area contributed by atoms with E-state index in [9.17, 15) is 0 Å². The normalized spacial score (nSPS) is 11.0. The largest absolute Gasteiger partial charge is 0.424 e. The molecule has 0 aliphatic rings. The zero-order chi connectivity index (χ0) is 16.7. The maximum Gasteiger partial charge on any atom is 0.328 e. The van der Waals surface area contributed by atoms with Gasteiger partial charge in [0, 0.05) is 12.6 Å². The molecule has 2 rings (SSSR count). The molecule has 1 aromatic heterocycles. The first-order chi connectivity index (χ1) is 11.1. The van der Waals surface area contributed by atoms with Gasteiger partial charge < -0.3 is 20.6 Å². The molecule has 1 aromatic carbocycles. The van der Waals surface area contributed by atoms with E-state index in [1.54, 1.807) is 24.3 Å². The number of rotatable bonds is 7. The minimum atomic E-state index is 0.191. The molecule has 8 nitrogen and oxygen atoms in total. The van der Waals surface area contributed by atoms with Crippen LogP contribution >= 0.6 is 0 Å². The minimum absolute atomic E-state index is 0.191. The first-order valence-corrected chi connectivity index (χ1v) is 7.32. The van der Waals surface area contributed by atoms with Crippen molar-refractivity contribution in [2.75, 3.05) is 17.2 Å². The van der Waals surface area contributed by atoms with Gasteiger partial charge in [0.15, 0.2) is 0 Å². The van der Waals surface area contributed by atoms with Crippen LogP contribution in [-0.2, 0) is 0 Å². The predicted octanol–water partition coefficient (Wildman–Crippen LogP) is 2.72. The lowest BCUT2D eigenvalue weighted by Gasteiger charge is -2.11. The highest BCUT2D eigenvalue weighted by molar-refractivity contribution is 5.79. The number of benzene rings is 1. The molecule has 3 N–H and O–H groups in total. The van der Waals surface area contributed by atoms with Crippen LogP contribution in [0.4, 0.5) is 11.9 Å². The number of aromatic nitrogens is 3. The molecule has 0 fully saturated rings. The van der Waals surface area contributed by atoms with Gasteiger partial charge in [0.1, 0.15) is 5.75 Å². The molecule has 0 unspecified atom stereocenters. The molecular formula is C15H20N6O2. The molecule has 0 spiro atoms. The van der Waals surface area contributed by atoms with Crippen LogP contribution in [-0.4, -0.2) is 39.0 Å². The van der Waals surface area contributed by atoms with Gasteiger partial charge in [0.05, 0.1) is 6.21 Å². The maximum atomic E-state index is 8.51. The highest BCUT2D eigenvalue weighted by atomic mass is 16.5. The number of hydrogen-bond donors (Lipinski definition) is 3. The van der Waals surface area contributed by atoms with Crippen molar-refractivity contribution in [1.82, 2.24) is 15.0 Å². The summed E-state index contributed by atoms with van der Waals surface area (Å²) in [6, 6.07) is 7.38. The van der Waals surface area contributed by atoms with Crippen molar-refractivity contribution in [2.24, 2.45) is 5.16 Å². The standard InChI is InChI=1S/C15H20N6O2/c1-4-16-13-19-14(18-10(2)3)21-15(20-13)23-12-7-5-11(6-8-12)9-17-22/h5-10,22H,4H2,1-3H3,(H2,16,18,19,20,21)/b17-9+. The summed E-state index contributed by atoms with van der Waals surface area (Å²) in [6.45, 7) is 6.65.